The van der Waals surface area contributed by atoms with Crippen molar-refractivity contribution < 1.29 is 5.11 Å². The van der Waals surface area contributed by atoms with E-state index in [2.05, 4.69) is 53.3 Å². The topological polar surface area (TPSA) is 31.6 Å². The Balaban J connectivity index is 1.61. The zero-order valence-corrected chi connectivity index (χ0v) is 16.5. The van der Waals surface area contributed by atoms with E-state index in [0.29, 0.717) is 6.04 Å². The van der Waals surface area contributed by atoms with Gasteiger partial charge < -0.3 is 14.6 Å². The minimum atomic E-state index is -0.265. The highest BCUT2D eigenvalue weighted by molar-refractivity contribution is 5.87. The van der Waals surface area contributed by atoms with Crippen LogP contribution in [0.1, 0.15) is 49.6 Å². The summed E-state index contributed by atoms with van der Waals surface area (Å²) in [6.07, 6.45) is 3.42. The van der Waals surface area contributed by atoms with Crippen LogP contribution in [0.3, 0.4) is 0 Å². The first-order chi connectivity index (χ1) is 12.6. The zero-order valence-electron chi connectivity index (χ0n) is 16.5. The number of hydrogen-bond acceptors (Lipinski definition) is 3. The quantitative estimate of drug-likeness (QED) is 0.862. The van der Waals surface area contributed by atoms with E-state index in [1.54, 1.807) is 5.56 Å². The van der Waals surface area contributed by atoms with Gasteiger partial charge in [0.2, 0.25) is 0 Å². The van der Waals surface area contributed by atoms with E-state index in [1.165, 1.54) is 41.4 Å². The summed E-state index contributed by atoms with van der Waals surface area (Å²) in [5, 5.41) is 12.1. The van der Waals surface area contributed by atoms with Gasteiger partial charge in [0.25, 0.3) is 0 Å². The lowest BCUT2D eigenvalue weighted by atomic mass is 9.89. The lowest BCUT2D eigenvalue weighted by molar-refractivity contribution is 0.0439. The molecule has 1 N–H and O–H groups in total. The van der Waals surface area contributed by atoms with Crippen molar-refractivity contribution in [2.24, 2.45) is 0 Å². The molecule has 26 heavy (non-hydrogen) atoms. The van der Waals surface area contributed by atoms with Crippen molar-refractivity contribution in [2.75, 3.05) is 32.7 Å². The lowest BCUT2D eigenvalue weighted by Gasteiger charge is -2.41. The van der Waals surface area contributed by atoms with E-state index in [0.717, 1.165) is 39.3 Å². The number of aliphatic hydroxyl groups excluding tert-OH is 1. The summed E-state index contributed by atoms with van der Waals surface area (Å²) in [7, 11) is 0. The first-order valence-electron chi connectivity index (χ1n) is 10.4. The van der Waals surface area contributed by atoms with Crippen LogP contribution >= 0.6 is 0 Å². The van der Waals surface area contributed by atoms with Gasteiger partial charge in [-0.05, 0) is 57.0 Å². The molecule has 2 aromatic rings. The normalized spacial score (nSPS) is 21.3. The van der Waals surface area contributed by atoms with Crippen LogP contribution in [0, 0.1) is 6.92 Å². The molecule has 0 fully saturated rings. The molecule has 4 nitrogen and oxygen atoms in total. The number of aryl methyl sites for hydroxylation is 2. The number of aliphatic hydroxyl groups is 1. The van der Waals surface area contributed by atoms with Gasteiger partial charge in [0.15, 0.2) is 0 Å². The molecular weight excluding hydrogens is 322 g/mol. The van der Waals surface area contributed by atoms with Crippen molar-refractivity contribution >= 4 is 10.9 Å². The van der Waals surface area contributed by atoms with Gasteiger partial charge in [0.05, 0.1) is 12.1 Å². The zero-order chi connectivity index (χ0) is 18.3. The van der Waals surface area contributed by atoms with Crippen LogP contribution in [0.4, 0.5) is 0 Å². The van der Waals surface area contributed by atoms with Crippen LogP contribution in [0.2, 0.25) is 0 Å². The predicted octanol–water partition coefficient (Wildman–Crippen LogP) is 3.35. The summed E-state index contributed by atoms with van der Waals surface area (Å²) < 4.78 is 2.57. The number of hydrogen-bond donors (Lipinski definition) is 1. The van der Waals surface area contributed by atoms with Crippen LogP contribution in [0.15, 0.2) is 18.2 Å². The molecule has 0 amide bonds. The predicted molar refractivity (Wildman–Crippen MR) is 108 cm³/mol. The Morgan fingerprint density at radius 2 is 2.04 bits per heavy atom. The third-order valence-electron chi connectivity index (χ3n) is 6.45. The number of likely N-dealkylation sites (N-methyl/N-ethyl adjacent to an activating group) is 1. The molecule has 0 radical (unpaired) electrons. The second kappa shape index (κ2) is 7.34. The fraction of sp³-hybridized carbons (Fsp3) is 0.636. The standard InChI is InChI=1S/C22H33N3O/c1-4-23(5-2)14-17(26)15-24-11-12-25-20-10-9-16(3)13-19(20)18-7-6-8-21(24)22(18)25/h9-10,13,17,21,26H,4-8,11-12,14-15H2,1-3H3. The summed E-state index contributed by atoms with van der Waals surface area (Å²) in [6.45, 7) is 12.2. The van der Waals surface area contributed by atoms with E-state index < -0.39 is 0 Å². The first-order valence-corrected chi connectivity index (χ1v) is 10.4. The van der Waals surface area contributed by atoms with Gasteiger partial charge in [-0.25, -0.2) is 0 Å². The van der Waals surface area contributed by atoms with Gasteiger partial charge in [0.1, 0.15) is 0 Å². The van der Waals surface area contributed by atoms with E-state index in [9.17, 15) is 5.11 Å². The Hall–Kier alpha value is -1.36. The Morgan fingerprint density at radius 1 is 1.23 bits per heavy atom. The molecule has 0 saturated carbocycles. The molecule has 1 aliphatic heterocycles. The molecule has 1 aliphatic carbocycles. The monoisotopic (exact) mass is 355 g/mol. The summed E-state index contributed by atoms with van der Waals surface area (Å²) in [4.78, 5) is 4.87. The third kappa shape index (κ3) is 3.08. The maximum absolute atomic E-state index is 10.7. The molecule has 4 heteroatoms. The van der Waals surface area contributed by atoms with Gasteiger partial charge in [-0.1, -0.05) is 25.5 Å². The summed E-state index contributed by atoms with van der Waals surface area (Å²) in [6, 6.07) is 7.40. The summed E-state index contributed by atoms with van der Waals surface area (Å²) in [5.41, 5.74) is 5.88. The van der Waals surface area contributed by atoms with Crippen molar-refractivity contribution in [3.05, 3.63) is 35.0 Å². The SMILES string of the molecule is CCN(CC)CC(O)CN1CCn2c3c(c4cc(C)ccc42)CCCC31. The Labute approximate surface area is 157 Å². The molecule has 142 valence electrons. The highest BCUT2D eigenvalue weighted by Gasteiger charge is 2.35. The van der Waals surface area contributed by atoms with E-state index in [1.807, 2.05) is 0 Å². The number of β-amino-alcohol motifs (C(OH)–C–C–N with tert-alkyl or cyclic N) is 1. The van der Waals surface area contributed by atoms with Crippen molar-refractivity contribution in [1.29, 1.82) is 0 Å². The number of fused-ring (bicyclic) bond motifs is 3. The smallest absolute Gasteiger partial charge is 0.0794 e. The molecule has 1 aromatic heterocycles. The van der Waals surface area contributed by atoms with Crippen molar-refractivity contribution in [3.63, 3.8) is 0 Å². The molecule has 0 bridgehead atoms. The lowest BCUT2D eigenvalue weighted by Crippen LogP contribution is -2.46. The molecule has 0 spiro atoms. The van der Waals surface area contributed by atoms with Crippen molar-refractivity contribution in [3.8, 4) is 0 Å². The van der Waals surface area contributed by atoms with Gasteiger partial charge in [-0.15, -0.1) is 0 Å². The van der Waals surface area contributed by atoms with E-state index >= 15 is 0 Å². The Morgan fingerprint density at radius 3 is 2.81 bits per heavy atom. The average molecular weight is 356 g/mol. The second-order valence-electron chi connectivity index (χ2n) is 8.08. The second-order valence-corrected chi connectivity index (χ2v) is 8.08. The number of rotatable bonds is 6. The first kappa shape index (κ1) is 18.0. The number of aromatic nitrogens is 1. The molecular formula is C22H33N3O. The molecule has 2 aliphatic rings. The number of benzene rings is 1. The fourth-order valence-corrected chi connectivity index (χ4v) is 5.12. The maximum atomic E-state index is 10.7. The molecule has 4 rings (SSSR count). The Kier molecular flexibility index (Phi) is 5.09. The van der Waals surface area contributed by atoms with Crippen LogP contribution in [-0.2, 0) is 13.0 Å². The fourth-order valence-electron chi connectivity index (χ4n) is 5.12. The summed E-state index contributed by atoms with van der Waals surface area (Å²) >= 11 is 0. The number of nitrogens with zero attached hydrogens (tertiary/aromatic N) is 3. The molecule has 2 atom stereocenters. The summed E-state index contributed by atoms with van der Waals surface area (Å²) in [5.74, 6) is 0. The van der Waals surface area contributed by atoms with Crippen LogP contribution < -0.4 is 0 Å². The minimum Gasteiger partial charge on any atom is -0.390 e. The Bertz CT molecular complexity index is 777. The van der Waals surface area contributed by atoms with E-state index in [-0.39, 0.29) is 6.10 Å². The average Bonchev–Trinajstić information content (AvgIpc) is 2.96. The van der Waals surface area contributed by atoms with Gasteiger partial charge >= 0.3 is 0 Å². The van der Waals surface area contributed by atoms with Crippen LogP contribution in [0.25, 0.3) is 10.9 Å². The molecule has 0 saturated heterocycles. The third-order valence-corrected chi connectivity index (χ3v) is 6.45. The largest absolute Gasteiger partial charge is 0.390 e. The van der Waals surface area contributed by atoms with Gasteiger partial charge in [0, 0.05) is 42.8 Å². The van der Waals surface area contributed by atoms with Gasteiger partial charge in [-0.3, -0.25) is 4.90 Å². The molecule has 1 aromatic carbocycles. The van der Waals surface area contributed by atoms with Crippen molar-refractivity contribution in [2.45, 2.75) is 58.7 Å². The van der Waals surface area contributed by atoms with E-state index in [4.69, 9.17) is 0 Å². The van der Waals surface area contributed by atoms with Crippen LogP contribution in [-0.4, -0.2) is 58.3 Å². The van der Waals surface area contributed by atoms with Crippen LogP contribution in [0.5, 0.6) is 0 Å². The van der Waals surface area contributed by atoms with Crippen molar-refractivity contribution in [1.82, 2.24) is 14.4 Å². The van der Waals surface area contributed by atoms with Gasteiger partial charge in [-0.2, -0.15) is 0 Å². The minimum absolute atomic E-state index is 0.265. The highest BCUT2D eigenvalue weighted by Crippen LogP contribution is 2.42. The highest BCUT2D eigenvalue weighted by atomic mass is 16.3. The maximum Gasteiger partial charge on any atom is 0.0794 e. The molecule has 2 unspecified atom stereocenters. The molecule has 2 heterocycles.